The highest BCUT2D eigenvalue weighted by atomic mass is 16.5. The van der Waals surface area contributed by atoms with Crippen LogP contribution in [0.4, 0.5) is 0 Å². The van der Waals surface area contributed by atoms with Gasteiger partial charge in [0.1, 0.15) is 17.4 Å². The Morgan fingerprint density at radius 2 is 2.08 bits per heavy atom. The highest BCUT2D eigenvalue weighted by Gasteiger charge is 2.46. The average Bonchev–Trinajstić information content (AvgIpc) is 3.14. The molecule has 1 atom stereocenters. The Morgan fingerprint density at radius 1 is 1.35 bits per heavy atom. The van der Waals surface area contributed by atoms with E-state index in [4.69, 9.17) is 4.74 Å². The molecule has 3 heterocycles. The van der Waals surface area contributed by atoms with Gasteiger partial charge in [-0.25, -0.2) is 4.99 Å². The SMILES string of the molecule is C[C@H]1Cc2cc(C(=O)N3CCC4(CC3)N=C(N(C)C)NC4=O)ccc2O1. The van der Waals surface area contributed by atoms with Gasteiger partial charge in [0.25, 0.3) is 11.8 Å². The van der Waals surface area contributed by atoms with Gasteiger partial charge in [-0.05, 0) is 43.5 Å². The van der Waals surface area contributed by atoms with E-state index < -0.39 is 5.54 Å². The van der Waals surface area contributed by atoms with Crippen LogP contribution in [0.25, 0.3) is 0 Å². The van der Waals surface area contributed by atoms with E-state index in [-0.39, 0.29) is 17.9 Å². The number of hydrogen-bond donors (Lipinski definition) is 1. The molecule has 0 aromatic heterocycles. The topological polar surface area (TPSA) is 74.2 Å². The van der Waals surface area contributed by atoms with Crippen molar-refractivity contribution in [2.24, 2.45) is 4.99 Å². The van der Waals surface area contributed by atoms with Gasteiger partial charge < -0.3 is 14.5 Å². The Bertz CT molecular complexity index is 794. The quantitative estimate of drug-likeness (QED) is 0.816. The third-order valence-electron chi connectivity index (χ3n) is 5.41. The fourth-order valence-corrected chi connectivity index (χ4v) is 3.87. The third-order valence-corrected chi connectivity index (χ3v) is 5.41. The zero-order valence-electron chi connectivity index (χ0n) is 15.4. The van der Waals surface area contributed by atoms with Crippen LogP contribution in [0.15, 0.2) is 23.2 Å². The summed E-state index contributed by atoms with van der Waals surface area (Å²) in [5.41, 5.74) is 1.05. The number of carbonyl (C=O) groups is 2. The molecule has 3 aliphatic heterocycles. The highest BCUT2D eigenvalue weighted by Crippen LogP contribution is 2.32. The van der Waals surface area contributed by atoms with Gasteiger partial charge in [-0.15, -0.1) is 0 Å². The summed E-state index contributed by atoms with van der Waals surface area (Å²) in [5.74, 6) is 1.43. The Hall–Kier alpha value is -2.57. The first-order chi connectivity index (χ1) is 12.4. The minimum Gasteiger partial charge on any atom is -0.490 e. The first kappa shape index (κ1) is 16.9. The Labute approximate surface area is 153 Å². The van der Waals surface area contributed by atoms with Crippen LogP contribution in [0.3, 0.4) is 0 Å². The lowest BCUT2D eigenvalue weighted by atomic mass is 9.87. The standard InChI is InChI=1S/C19H24N4O3/c1-12-10-14-11-13(4-5-15(14)26-12)16(24)23-8-6-19(7-9-23)17(25)20-18(21-19)22(2)3/h4-5,11-12H,6-10H2,1-3H3,(H,20,21,25)/t12-/m0/s1. The largest absolute Gasteiger partial charge is 0.490 e. The fraction of sp³-hybridized carbons (Fsp3) is 0.526. The molecule has 0 aliphatic carbocycles. The number of benzene rings is 1. The summed E-state index contributed by atoms with van der Waals surface area (Å²) in [6.07, 6.45) is 2.09. The van der Waals surface area contributed by atoms with Crippen molar-refractivity contribution < 1.29 is 14.3 Å². The maximum atomic E-state index is 12.9. The second-order valence-electron chi connectivity index (χ2n) is 7.56. The third kappa shape index (κ3) is 2.71. The van der Waals surface area contributed by atoms with Gasteiger partial charge in [-0.2, -0.15) is 0 Å². The van der Waals surface area contributed by atoms with E-state index in [0.717, 1.165) is 17.7 Å². The van der Waals surface area contributed by atoms with Crippen LogP contribution in [-0.2, 0) is 11.2 Å². The molecule has 7 nitrogen and oxygen atoms in total. The number of likely N-dealkylation sites (tertiary alicyclic amines) is 1. The van der Waals surface area contributed by atoms with Crippen LogP contribution in [0, 0.1) is 0 Å². The van der Waals surface area contributed by atoms with Gasteiger partial charge in [0.05, 0.1) is 0 Å². The number of guanidine groups is 1. The molecule has 2 amide bonds. The van der Waals surface area contributed by atoms with Gasteiger partial charge in [-0.3, -0.25) is 14.9 Å². The zero-order valence-corrected chi connectivity index (χ0v) is 15.4. The first-order valence-electron chi connectivity index (χ1n) is 9.05. The average molecular weight is 356 g/mol. The number of aliphatic imine (C=N–C) groups is 1. The van der Waals surface area contributed by atoms with Crippen LogP contribution in [0.5, 0.6) is 5.75 Å². The van der Waals surface area contributed by atoms with E-state index in [9.17, 15) is 9.59 Å². The van der Waals surface area contributed by atoms with Crippen molar-refractivity contribution in [3.8, 4) is 5.75 Å². The number of piperidine rings is 1. The number of rotatable bonds is 1. The van der Waals surface area contributed by atoms with Crippen molar-refractivity contribution in [2.75, 3.05) is 27.2 Å². The Morgan fingerprint density at radius 3 is 2.73 bits per heavy atom. The first-order valence-corrected chi connectivity index (χ1v) is 9.05. The molecular formula is C19H24N4O3. The van der Waals surface area contributed by atoms with E-state index in [2.05, 4.69) is 10.3 Å². The van der Waals surface area contributed by atoms with Crippen molar-refractivity contribution in [1.29, 1.82) is 0 Å². The number of ether oxygens (including phenoxy) is 1. The van der Waals surface area contributed by atoms with Crippen molar-refractivity contribution in [2.45, 2.75) is 37.8 Å². The second kappa shape index (κ2) is 6.00. The van der Waals surface area contributed by atoms with E-state index >= 15 is 0 Å². The number of nitrogens with one attached hydrogen (secondary N) is 1. The van der Waals surface area contributed by atoms with Crippen LogP contribution in [-0.4, -0.2) is 66.4 Å². The smallest absolute Gasteiger partial charge is 0.254 e. The molecule has 0 unspecified atom stereocenters. The monoisotopic (exact) mass is 356 g/mol. The zero-order chi connectivity index (χ0) is 18.5. The summed E-state index contributed by atoms with van der Waals surface area (Å²) in [6, 6.07) is 5.65. The second-order valence-corrected chi connectivity index (χ2v) is 7.56. The van der Waals surface area contributed by atoms with Gasteiger partial charge in [0, 0.05) is 39.2 Å². The van der Waals surface area contributed by atoms with Crippen molar-refractivity contribution in [3.05, 3.63) is 29.3 Å². The molecule has 1 aromatic carbocycles. The predicted molar refractivity (Wildman–Crippen MR) is 97.4 cm³/mol. The Kier molecular flexibility index (Phi) is 3.89. The Balaban J connectivity index is 1.46. The lowest BCUT2D eigenvalue weighted by molar-refractivity contribution is -0.125. The molecule has 1 aromatic rings. The summed E-state index contributed by atoms with van der Waals surface area (Å²) in [5, 5.41) is 2.84. The number of fused-ring (bicyclic) bond motifs is 1. The summed E-state index contributed by atoms with van der Waals surface area (Å²) in [7, 11) is 3.71. The lowest BCUT2D eigenvalue weighted by Gasteiger charge is -2.35. The number of amides is 2. The molecule has 138 valence electrons. The van der Waals surface area contributed by atoms with E-state index in [1.165, 1.54) is 0 Å². The predicted octanol–water partition coefficient (Wildman–Crippen LogP) is 1.03. The van der Waals surface area contributed by atoms with Crippen molar-refractivity contribution in [3.63, 3.8) is 0 Å². The number of carbonyl (C=O) groups excluding carboxylic acids is 2. The summed E-state index contributed by atoms with van der Waals surface area (Å²) in [6.45, 7) is 3.08. The molecular weight excluding hydrogens is 332 g/mol. The van der Waals surface area contributed by atoms with Gasteiger partial charge in [0.15, 0.2) is 0 Å². The fourth-order valence-electron chi connectivity index (χ4n) is 3.87. The minimum absolute atomic E-state index is 0.0115. The maximum Gasteiger partial charge on any atom is 0.254 e. The van der Waals surface area contributed by atoms with Crippen molar-refractivity contribution >= 4 is 17.8 Å². The molecule has 26 heavy (non-hydrogen) atoms. The molecule has 1 fully saturated rings. The number of hydrogen-bond acceptors (Lipinski definition) is 5. The molecule has 7 heteroatoms. The number of nitrogens with zero attached hydrogens (tertiary/aromatic N) is 3. The summed E-state index contributed by atoms with van der Waals surface area (Å²) >= 11 is 0. The minimum atomic E-state index is -0.725. The van der Waals surface area contributed by atoms with E-state index in [1.807, 2.05) is 44.1 Å². The molecule has 3 aliphatic rings. The normalized spacial score (nSPS) is 23.3. The van der Waals surface area contributed by atoms with Crippen LogP contribution >= 0.6 is 0 Å². The van der Waals surface area contributed by atoms with Crippen molar-refractivity contribution in [1.82, 2.24) is 15.1 Å². The van der Waals surface area contributed by atoms with Crippen LogP contribution in [0.2, 0.25) is 0 Å². The van der Waals surface area contributed by atoms with E-state index in [1.54, 1.807) is 4.90 Å². The summed E-state index contributed by atoms with van der Waals surface area (Å²) in [4.78, 5) is 33.5. The molecule has 1 N–H and O–H groups in total. The molecule has 0 bridgehead atoms. The van der Waals surface area contributed by atoms with Gasteiger partial charge in [0.2, 0.25) is 5.96 Å². The van der Waals surface area contributed by atoms with Crippen LogP contribution in [0.1, 0.15) is 35.7 Å². The maximum absolute atomic E-state index is 12.9. The lowest BCUT2D eigenvalue weighted by Crippen LogP contribution is -2.50. The molecule has 1 saturated heterocycles. The molecule has 4 rings (SSSR count). The van der Waals surface area contributed by atoms with Gasteiger partial charge in [-0.1, -0.05) is 0 Å². The van der Waals surface area contributed by atoms with Gasteiger partial charge >= 0.3 is 0 Å². The van der Waals surface area contributed by atoms with Crippen LogP contribution < -0.4 is 10.1 Å². The highest BCUT2D eigenvalue weighted by molar-refractivity contribution is 6.07. The van der Waals surface area contributed by atoms with E-state index in [0.29, 0.717) is 37.5 Å². The molecule has 1 spiro atoms. The summed E-state index contributed by atoms with van der Waals surface area (Å²) < 4.78 is 5.70. The molecule has 0 saturated carbocycles. The molecule has 0 radical (unpaired) electrons.